The van der Waals surface area contributed by atoms with Crippen LogP contribution < -0.4 is 11.2 Å². The second kappa shape index (κ2) is 4.98. The van der Waals surface area contributed by atoms with E-state index in [-0.39, 0.29) is 0 Å². The number of hydrogen-bond acceptors (Lipinski definition) is 2. The molecular formula is C8H17N3O. The molecular weight excluding hydrogens is 154 g/mol. The third kappa shape index (κ3) is 4.18. The van der Waals surface area contributed by atoms with Gasteiger partial charge in [0.2, 0.25) is 5.96 Å². The number of aliphatic imine (C=N–C) groups is 1. The molecule has 0 aliphatic heterocycles. The van der Waals surface area contributed by atoms with E-state index in [9.17, 15) is 0 Å². The molecule has 1 rings (SSSR count). The molecule has 0 atom stereocenters. The number of rotatable bonds is 5. The first-order valence-electron chi connectivity index (χ1n) is 4.43. The van der Waals surface area contributed by atoms with Crippen LogP contribution in [0.1, 0.15) is 25.7 Å². The van der Waals surface area contributed by atoms with Gasteiger partial charge in [0.05, 0.1) is 6.61 Å². The number of hydrogen-bond donors (Lipinski definition) is 2. The van der Waals surface area contributed by atoms with Crippen LogP contribution >= 0.6 is 0 Å². The molecule has 0 unspecified atom stereocenters. The van der Waals surface area contributed by atoms with Gasteiger partial charge in [-0.1, -0.05) is 12.8 Å². The van der Waals surface area contributed by atoms with Crippen LogP contribution in [0.5, 0.6) is 0 Å². The van der Waals surface area contributed by atoms with Gasteiger partial charge < -0.3 is 5.73 Å². The Labute approximate surface area is 73.1 Å². The topological polar surface area (TPSA) is 59.6 Å². The third-order valence-electron chi connectivity index (χ3n) is 1.97. The number of hydroxylamine groups is 1. The summed E-state index contributed by atoms with van der Waals surface area (Å²) < 4.78 is 0. The number of nitrogens with zero attached hydrogens (tertiary/aromatic N) is 1. The fourth-order valence-corrected chi connectivity index (χ4v) is 1.02. The first kappa shape index (κ1) is 9.32. The molecule has 4 heteroatoms. The molecule has 1 aliphatic carbocycles. The van der Waals surface area contributed by atoms with Crippen molar-refractivity contribution in [1.29, 1.82) is 0 Å². The quantitative estimate of drug-likeness (QED) is 0.276. The third-order valence-corrected chi connectivity index (χ3v) is 1.97. The largest absolute Gasteiger partial charge is 0.368 e. The van der Waals surface area contributed by atoms with Crippen molar-refractivity contribution in [3.8, 4) is 0 Å². The van der Waals surface area contributed by atoms with Gasteiger partial charge in [0.15, 0.2) is 0 Å². The maximum atomic E-state index is 5.34. The maximum Gasteiger partial charge on any atom is 0.212 e. The van der Waals surface area contributed by atoms with Crippen molar-refractivity contribution in [3.63, 3.8) is 0 Å². The molecule has 0 amide bonds. The van der Waals surface area contributed by atoms with E-state index in [1.807, 2.05) is 0 Å². The van der Waals surface area contributed by atoms with Gasteiger partial charge in [-0.2, -0.15) is 0 Å². The summed E-state index contributed by atoms with van der Waals surface area (Å²) in [6, 6.07) is 0. The Morgan fingerprint density at radius 3 is 3.00 bits per heavy atom. The predicted molar refractivity (Wildman–Crippen MR) is 48.6 cm³/mol. The van der Waals surface area contributed by atoms with E-state index < -0.39 is 0 Å². The van der Waals surface area contributed by atoms with Crippen LogP contribution in [0.15, 0.2) is 4.99 Å². The summed E-state index contributed by atoms with van der Waals surface area (Å²) in [6.45, 7) is 0.715. The van der Waals surface area contributed by atoms with Gasteiger partial charge in [0.1, 0.15) is 0 Å². The van der Waals surface area contributed by atoms with E-state index in [2.05, 4.69) is 10.5 Å². The minimum atomic E-state index is 0.335. The molecule has 12 heavy (non-hydrogen) atoms. The van der Waals surface area contributed by atoms with Crippen LogP contribution in [0.2, 0.25) is 0 Å². The molecule has 0 bridgehead atoms. The first-order chi connectivity index (χ1) is 5.83. The molecule has 0 spiro atoms. The molecule has 0 aromatic carbocycles. The SMILES string of the molecule is CN=C(N)NOCCCC1CC1. The average Bonchev–Trinajstić information content (AvgIpc) is 2.87. The average molecular weight is 171 g/mol. The summed E-state index contributed by atoms with van der Waals surface area (Å²) in [4.78, 5) is 8.75. The Balaban J connectivity index is 1.81. The molecule has 4 nitrogen and oxygen atoms in total. The molecule has 0 radical (unpaired) electrons. The van der Waals surface area contributed by atoms with Crippen LogP contribution in [0.3, 0.4) is 0 Å². The summed E-state index contributed by atoms with van der Waals surface area (Å²) in [5.41, 5.74) is 7.90. The van der Waals surface area contributed by atoms with Crippen molar-refractivity contribution >= 4 is 5.96 Å². The maximum absolute atomic E-state index is 5.34. The highest BCUT2D eigenvalue weighted by Crippen LogP contribution is 2.33. The highest BCUT2D eigenvalue weighted by Gasteiger charge is 2.19. The monoisotopic (exact) mass is 171 g/mol. The fraction of sp³-hybridized carbons (Fsp3) is 0.875. The summed E-state index contributed by atoms with van der Waals surface area (Å²) in [5.74, 6) is 1.31. The first-order valence-corrected chi connectivity index (χ1v) is 4.43. The second-order valence-corrected chi connectivity index (χ2v) is 3.14. The lowest BCUT2D eigenvalue weighted by Gasteiger charge is -2.04. The van der Waals surface area contributed by atoms with E-state index in [0.29, 0.717) is 12.6 Å². The van der Waals surface area contributed by atoms with Crippen molar-refractivity contribution in [2.45, 2.75) is 25.7 Å². The molecule has 1 saturated carbocycles. The van der Waals surface area contributed by atoms with Crippen LogP contribution in [-0.4, -0.2) is 19.6 Å². The second-order valence-electron chi connectivity index (χ2n) is 3.14. The number of nitrogens with one attached hydrogen (secondary N) is 1. The molecule has 0 saturated heterocycles. The van der Waals surface area contributed by atoms with Gasteiger partial charge >= 0.3 is 0 Å². The van der Waals surface area contributed by atoms with Gasteiger partial charge in [-0.25, -0.2) is 5.48 Å². The molecule has 0 heterocycles. The van der Waals surface area contributed by atoms with E-state index in [1.54, 1.807) is 7.05 Å². The molecule has 0 aromatic rings. The fourth-order valence-electron chi connectivity index (χ4n) is 1.02. The number of nitrogens with two attached hydrogens (primary N) is 1. The molecule has 1 aliphatic rings. The van der Waals surface area contributed by atoms with E-state index in [1.165, 1.54) is 19.3 Å². The summed E-state index contributed by atoms with van der Waals surface area (Å²) in [6.07, 6.45) is 5.21. The Morgan fingerprint density at radius 2 is 2.42 bits per heavy atom. The van der Waals surface area contributed by atoms with Crippen molar-refractivity contribution in [1.82, 2.24) is 5.48 Å². The zero-order chi connectivity index (χ0) is 8.81. The minimum absolute atomic E-state index is 0.335. The molecule has 70 valence electrons. The molecule has 3 N–H and O–H groups in total. The van der Waals surface area contributed by atoms with Gasteiger partial charge in [-0.15, -0.1) is 0 Å². The van der Waals surface area contributed by atoms with E-state index in [4.69, 9.17) is 10.6 Å². The van der Waals surface area contributed by atoms with E-state index in [0.717, 1.165) is 12.3 Å². The van der Waals surface area contributed by atoms with E-state index >= 15 is 0 Å². The van der Waals surface area contributed by atoms with Crippen molar-refractivity contribution in [2.24, 2.45) is 16.6 Å². The smallest absolute Gasteiger partial charge is 0.212 e. The van der Waals surface area contributed by atoms with Crippen LogP contribution in [0.25, 0.3) is 0 Å². The zero-order valence-electron chi connectivity index (χ0n) is 7.55. The highest BCUT2D eigenvalue weighted by atomic mass is 16.6. The summed E-state index contributed by atoms with van der Waals surface area (Å²) >= 11 is 0. The van der Waals surface area contributed by atoms with Gasteiger partial charge in [0, 0.05) is 7.05 Å². The summed E-state index contributed by atoms with van der Waals surface area (Å²) in [7, 11) is 1.62. The lowest BCUT2D eigenvalue weighted by Crippen LogP contribution is -2.31. The standard InChI is InChI=1S/C8H17N3O/c1-10-8(9)11-12-6-2-3-7-4-5-7/h7H,2-6H2,1H3,(H3,9,10,11). The van der Waals surface area contributed by atoms with Crippen molar-refractivity contribution in [2.75, 3.05) is 13.7 Å². The Morgan fingerprint density at radius 1 is 1.67 bits per heavy atom. The van der Waals surface area contributed by atoms with Crippen LogP contribution in [0, 0.1) is 5.92 Å². The minimum Gasteiger partial charge on any atom is -0.368 e. The highest BCUT2D eigenvalue weighted by molar-refractivity contribution is 5.76. The molecule has 1 fully saturated rings. The van der Waals surface area contributed by atoms with Crippen LogP contribution in [-0.2, 0) is 4.84 Å². The van der Waals surface area contributed by atoms with Crippen molar-refractivity contribution in [3.05, 3.63) is 0 Å². The summed E-state index contributed by atoms with van der Waals surface area (Å²) in [5, 5.41) is 0. The zero-order valence-corrected chi connectivity index (χ0v) is 7.55. The Hall–Kier alpha value is -0.770. The Kier molecular flexibility index (Phi) is 3.87. The molecule has 0 aromatic heterocycles. The lowest BCUT2D eigenvalue weighted by molar-refractivity contribution is 0.0802. The normalized spacial score (nSPS) is 17.9. The Bertz CT molecular complexity index is 154. The predicted octanol–water partition coefficient (Wildman–Crippen LogP) is 0.642. The van der Waals surface area contributed by atoms with Gasteiger partial charge in [0.25, 0.3) is 0 Å². The number of guanidine groups is 1. The van der Waals surface area contributed by atoms with Crippen LogP contribution in [0.4, 0.5) is 0 Å². The lowest BCUT2D eigenvalue weighted by atomic mass is 10.2. The van der Waals surface area contributed by atoms with Gasteiger partial charge in [-0.3, -0.25) is 9.83 Å². The van der Waals surface area contributed by atoms with Gasteiger partial charge in [-0.05, 0) is 18.8 Å². The van der Waals surface area contributed by atoms with Crippen molar-refractivity contribution < 1.29 is 4.84 Å².